The summed E-state index contributed by atoms with van der Waals surface area (Å²) in [6.07, 6.45) is 15.8. The molecule has 4 aliphatic carbocycles. The number of phenolic OH excluding ortho intramolecular Hbond substituents is 1. The largest absolute Gasteiger partial charge is 0.507 e. The van der Waals surface area contributed by atoms with Crippen LogP contribution in [0.25, 0.3) is 22.3 Å². The fourth-order valence-electron chi connectivity index (χ4n) is 11.2. The summed E-state index contributed by atoms with van der Waals surface area (Å²) < 4.78 is 17.7. The van der Waals surface area contributed by atoms with E-state index in [4.69, 9.17) is 13.9 Å². The van der Waals surface area contributed by atoms with Crippen molar-refractivity contribution in [2.45, 2.75) is 111 Å². The number of benzene rings is 2. The second kappa shape index (κ2) is 13.9. The van der Waals surface area contributed by atoms with Crippen molar-refractivity contribution in [2.24, 2.45) is 46.3 Å². The first-order chi connectivity index (χ1) is 24.0. The van der Waals surface area contributed by atoms with Crippen LogP contribution in [-0.2, 0) is 9.53 Å². The van der Waals surface area contributed by atoms with E-state index in [-0.39, 0.29) is 46.0 Å². The minimum absolute atomic E-state index is 0.0786. The van der Waals surface area contributed by atoms with Gasteiger partial charge in [0.05, 0.1) is 0 Å². The van der Waals surface area contributed by atoms with Gasteiger partial charge in [0.25, 0.3) is 0 Å². The van der Waals surface area contributed by atoms with Crippen LogP contribution in [0.15, 0.2) is 69.4 Å². The maximum atomic E-state index is 13.0. The number of phenols is 1. The summed E-state index contributed by atoms with van der Waals surface area (Å²) in [5.74, 6) is 4.75. The fraction of sp³-hybridized carbons (Fsp3) is 0.591. The van der Waals surface area contributed by atoms with Gasteiger partial charge < -0.3 is 19.0 Å². The lowest BCUT2D eigenvalue weighted by atomic mass is 9.47. The fourth-order valence-corrected chi connectivity index (χ4v) is 11.2. The van der Waals surface area contributed by atoms with Gasteiger partial charge in [-0.2, -0.15) is 0 Å². The molecule has 8 atom stereocenters. The predicted molar refractivity (Wildman–Crippen MR) is 198 cm³/mol. The first kappa shape index (κ1) is 34.9. The molecule has 6 heteroatoms. The van der Waals surface area contributed by atoms with Crippen LogP contribution < -0.4 is 10.2 Å². The molecule has 4 aliphatic rings. The van der Waals surface area contributed by atoms with E-state index in [0.29, 0.717) is 11.2 Å². The zero-order valence-electron chi connectivity index (χ0n) is 30.7. The van der Waals surface area contributed by atoms with E-state index in [0.717, 1.165) is 60.3 Å². The molecule has 0 saturated heterocycles. The van der Waals surface area contributed by atoms with Gasteiger partial charge in [0, 0.05) is 30.2 Å². The van der Waals surface area contributed by atoms with Crippen molar-refractivity contribution in [1.29, 1.82) is 0 Å². The number of carbonyl (C=O) groups is 1. The Morgan fingerprint density at radius 2 is 1.78 bits per heavy atom. The minimum atomic E-state index is -0.431. The van der Waals surface area contributed by atoms with Gasteiger partial charge in [-0.3, -0.25) is 4.79 Å². The van der Waals surface area contributed by atoms with Crippen LogP contribution in [-0.4, -0.2) is 23.8 Å². The summed E-state index contributed by atoms with van der Waals surface area (Å²) in [6.45, 7) is 12.1. The monoisotopic (exact) mass is 680 g/mol. The Bertz CT molecular complexity index is 1790. The number of ether oxygens (including phenoxy) is 2. The highest BCUT2D eigenvalue weighted by atomic mass is 16.6. The van der Waals surface area contributed by atoms with Crippen molar-refractivity contribution in [3.05, 3.63) is 70.4 Å². The highest BCUT2D eigenvalue weighted by molar-refractivity contribution is 5.86. The molecular weight excluding hydrogens is 624 g/mol. The maximum absolute atomic E-state index is 13.0. The normalized spacial score (nSPS) is 31.0. The third-order valence-corrected chi connectivity index (χ3v) is 13.8. The van der Waals surface area contributed by atoms with Gasteiger partial charge in [0.15, 0.2) is 12.0 Å². The number of fused-ring (bicyclic) bond motifs is 6. The highest BCUT2D eigenvalue weighted by Crippen LogP contribution is 2.67. The van der Waals surface area contributed by atoms with Crippen LogP contribution in [0.4, 0.5) is 0 Å². The molecule has 268 valence electrons. The van der Waals surface area contributed by atoms with Gasteiger partial charge in [-0.25, -0.2) is 4.79 Å². The molecule has 0 radical (unpaired) electrons. The summed E-state index contributed by atoms with van der Waals surface area (Å²) in [5, 5.41) is 10.7. The Morgan fingerprint density at radius 3 is 2.56 bits per heavy atom. The van der Waals surface area contributed by atoms with E-state index in [1.54, 1.807) is 6.07 Å². The van der Waals surface area contributed by atoms with Crippen LogP contribution >= 0.6 is 0 Å². The molecule has 1 aromatic heterocycles. The molecule has 3 aromatic rings. The first-order valence-electron chi connectivity index (χ1n) is 19.3. The van der Waals surface area contributed by atoms with Crippen molar-refractivity contribution >= 4 is 16.9 Å². The van der Waals surface area contributed by atoms with E-state index < -0.39 is 5.97 Å². The number of carbonyl (C=O) groups excluding carboxylic acids is 1. The summed E-state index contributed by atoms with van der Waals surface area (Å²) >= 11 is 0. The van der Waals surface area contributed by atoms with Gasteiger partial charge in [-0.05, 0) is 91.3 Å². The maximum Gasteiger partial charge on any atom is 0.344 e. The third-order valence-electron chi connectivity index (χ3n) is 13.8. The van der Waals surface area contributed by atoms with E-state index in [9.17, 15) is 14.7 Å². The number of hydrogen-bond acceptors (Lipinski definition) is 6. The van der Waals surface area contributed by atoms with Gasteiger partial charge in [0.2, 0.25) is 0 Å². The van der Waals surface area contributed by atoms with Gasteiger partial charge >= 0.3 is 5.97 Å². The van der Waals surface area contributed by atoms with E-state index in [2.05, 4.69) is 40.7 Å². The minimum Gasteiger partial charge on any atom is -0.507 e. The van der Waals surface area contributed by atoms with Crippen LogP contribution in [0.3, 0.4) is 0 Å². The molecule has 50 heavy (non-hydrogen) atoms. The third kappa shape index (κ3) is 6.52. The molecule has 1 N–H and O–H groups in total. The summed E-state index contributed by atoms with van der Waals surface area (Å²) in [7, 11) is 0. The quantitative estimate of drug-likeness (QED) is 0.169. The Balaban J connectivity index is 0.970. The molecular formula is C44H56O6. The van der Waals surface area contributed by atoms with Crippen LogP contribution in [0.1, 0.15) is 105 Å². The number of hydrogen-bond donors (Lipinski definition) is 1. The number of allylic oxidation sites excluding steroid dienone is 1. The number of rotatable bonds is 10. The van der Waals surface area contributed by atoms with Crippen LogP contribution in [0.2, 0.25) is 0 Å². The summed E-state index contributed by atoms with van der Waals surface area (Å²) in [6, 6.07) is 13.6. The van der Waals surface area contributed by atoms with E-state index >= 15 is 0 Å². The van der Waals surface area contributed by atoms with Gasteiger partial charge in [-0.15, -0.1) is 0 Å². The van der Waals surface area contributed by atoms with Crippen molar-refractivity contribution in [2.75, 3.05) is 6.61 Å². The van der Waals surface area contributed by atoms with Crippen molar-refractivity contribution < 1.29 is 23.8 Å². The van der Waals surface area contributed by atoms with E-state index in [1.165, 1.54) is 69.1 Å². The first-order valence-corrected chi connectivity index (χ1v) is 19.3. The molecule has 0 amide bonds. The average Bonchev–Trinajstić information content (AvgIpc) is 3.44. The smallest absolute Gasteiger partial charge is 0.344 e. The Kier molecular flexibility index (Phi) is 9.69. The molecule has 0 spiro atoms. The molecule has 0 aliphatic heterocycles. The molecule has 7 rings (SSSR count). The highest BCUT2D eigenvalue weighted by Gasteiger charge is 2.59. The lowest BCUT2D eigenvalue weighted by Gasteiger charge is -2.58. The Hall–Kier alpha value is -3.54. The molecule has 3 saturated carbocycles. The number of esters is 1. The second-order valence-electron chi connectivity index (χ2n) is 17.1. The predicted octanol–water partition coefficient (Wildman–Crippen LogP) is 10.5. The van der Waals surface area contributed by atoms with Gasteiger partial charge in [-0.1, -0.05) is 95.9 Å². The molecule has 6 nitrogen and oxygen atoms in total. The zero-order valence-corrected chi connectivity index (χ0v) is 30.7. The molecule has 0 unspecified atom stereocenters. The Morgan fingerprint density at radius 1 is 0.980 bits per heavy atom. The lowest BCUT2D eigenvalue weighted by molar-refractivity contribution is -0.153. The number of aromatic hydroxyl groups is 1. The standard InChI is InChI=1S/C44H56O6/c1-27(2)10-9-11-28(3)34-16-17-35-33-15-14-30-22-31(18-20-43(30,4)36(33)19-21-44(34,35)5)49-41(47)26-48-32-23-37(45)42-38(46)25-39(50-40(42)24-32)29-12-7-6-8-13-29/h6-8,12-14,23-25,27-28,31,33-36,45H,9-11,15-22,26H2,1-5H3/t28-,31-,33+,34-,35+,36+,43-,44+/m0/s1. The van der Waals surface area contributed by atoms with Crippen molar-refractivity contribution in [1.82, 2.24) is 0 Å². The van der Waals surface area contributed by atoms with Crippen LogP contribution in [0, 0.1) is 46.3 Å². The average molecular weight is 681 g/mol. The lowest BCUT2D eigenvalue weighted by Crippen LogP contribution is -2.51. The van der Waals surface area contributed by atoms with Crippen LogP contribution in [0.5, 0.6) is 11.5 Å². The topological polar surface area (TPSA) is 86.0 Å². The van der Waals surface area contributed by atoms with Crippen molar-refractivity contribution in [3.8, 4) is 22.8 Å². The second-order valence-corrected chi connectivity index (χ2v) is 17.1. The van der Waals surface area contributed by atoms with Gasteiger partial charge in [0.1, 0.15) is 34.3 Å². The molecule has 3 fully saturated rings. The Labute approximate surface area is 297 Å². The molecule has 0 bridgehead atoms. The summed E-state index contributed by atoms with van der Waals surface area (Å²) in [5.41, 5.74) is 2.76. The van der Waals surface area contributed by atoms with Crippen molar-refractivity contribution in [3.63, 3.8) is 0 Å². The molecule has 1 heterocycles. The van der Waals surface area contributed by atoms with E-state index in [1.807, 2.05) is 30.3 Å². The SMILES string of the molecule is CC(C)CCC[C@H](C)[C@@H]1CC[C@@H]2[C@H]3CC=C4C[C@@H](OC(=O)COc5cc(O)c6c(=O)cc(-c7ccccc7)oc6c5)CC[C@]4(C)[C@@H]3CC[C@@]21C. The summed E-state index contributed by atoms with van der Waals surface area (Å²) in [4.78, 5) is 25.8. The zero-order chi connectivity index (χ0) is 35.2. The molecule has 2 aromatic carbocycles.